The number of nitrogens with zero attached hydrogens (tertiary/aromatic N) is 1. The molecule has 0 aromatic heterocycles. The van der Waals surface area contributed by atoms with Crippen LogP contribution < -0.4 is 0 Å². The first kappa shape index (κ1) is 12.3. The molecule has 1 atom stereocenters. The molecule has 1 rings (SSSR count). The number of carbonyl (C=O) groups is 1. The highest BCUT2D eigenvalue weighted by Crippen LogP contribution is 2.22. The molecule has 3 nitrogen and oxygen atoms in total. The largest absolute Gasteiger partial charge is 0.389 e. The smallest absolute Gasteiger partial charge is 0.375 e. The summed E-state index contributed by atoms with van der Waals surface area (Å²) in [4.78, 5) is 12.8. The van der Waals surface area contributed by atoms with Crippen molar-refractivity contribution in [3.8, 4) is 0 Å². The summed E-state index contributed by atoms with van der Waals surface area (Å²) in [6.07, 6.45) is -5.85. The number of rotatable bonds is 2. The molecule has 15 heavy (non-hydrogen) atoms. The predicted molar refractivity (Wildman–Crippen MR) is 47.3 cm³/mol. The van der Waals surface area contributed by atoms with Gasteiger partial charge in [0.05, 0.1) is 19.1 Å². The lowest BCUT2D eigenvalue weighted by Gasteiger charge is -2.31. The Morgan fingerprint density at radius 2 is 2.20 bits per heavy atom. The van der Waals surface area contributed by atoms with Gasteiger partial charge in [0.25, 0.3) is 0 Å². The van der Waals surface area contributed by atoms with Crippen LogP contribution in [-0.2, 0) is 9.53 Å². The van der Waals surface area contributed by atoms with Gasteiger partial charge < -0.3 is 9.64 Å². The summed E-state index contributed by atoms with van der Waals surface area (Å²) < 4.78 is 40.8. The summed E-state index contributed by atoms with van der Waals surface area (Å²) in [5.41, 5.74) is 0. The number of amides is 1. The van der Waals surface area contributed by atoms with Crippen LogP contribution in [0.1, 0.15) is 19.8 Å². The van der Waals surface area contributed by atoms with Crippen molar-refractivity contribution in [3.63, 3.8) is 0 Å². The molecular formula is C9H14F3NO2. The average molecular weight is 225 g/mol. The Morgan fingerprint density at radius 1 is 1.53 bits per heavy atom. The van der Waals surface area contributed by atoms with Crippen molar-refractivity contribution in [2.24, 2.45) is 0 Å². The van der Waals surface area contributed by atoms with Gasteiger partial charge in [-0.15, -0.1) is 0 Å². The molecule has 1 heterocycles. The molecule has 0 spiro atoms. The van der Waals surface area contributed by atoms with Gasteiger partial charge in [0.15, 0.2) is 0 Å². The van der Waals surface area contributed by atoms with E-state index >= 15 is 0 Å². The molecule has 1 aliphatic rings. The van der Waals surface area contributed by atoms with Crippen LogP contribution in [0.25, 0.3) is 0 Å². The third-order valence-corrected chi connectivity index (χ3v) is 2.22. The fourth-order valence-corrected chi connectivity index (χ4v) is 1.45. The molecule has 0 aliphatic carbocycles. The van der Waals surface area contributed by atoms with Crippen LogP contribution in [0.5, 0.6) is 0 Å². The standard InChI is InChI=1S/C9H14F3NO2/c1-7-6-13(4-5-15-7)8(14)2-3-9(10,11)12/h7H,2-6H2,1H3/t7-/m0/s1. The fourth-order valence-electron chi connectivity index (χ4n) is 1.45. The maximum absolute atomic E-state index is 11.9. The minimum atomic E-state index is -4.26. The highest BCUT2D eigenvalue weighted by molar-refractivity contribution is 5.76. The maximum Gasteiger partial charge on any atom is 0.389 e. The summed E-state index contributed by atoms with van der Waals surface area (Å²) in [6.45, 7) is 2.97. The third kappa shape index (κ3) is 4.51. The van der Waals surface area contributed by atoms with Gasteiger partial charge in [0, 0.05) is 19.5 Å². The van der Waals surface area contributed by atoms with Gasteiger partial charge in [-0.25, -0.2) is 0 Å². The minimum absolute atomic E-state index is 0.0893. The average Bonchev–Trinajstić information content (AvgIpc) is 2.13. The molecule has 88 valence electrons. The predicted octanol–water partition coefficient (Wildman–Crippen LogP) is 1.58. The van der Waals surface area contributed by atoms with Crippen molar-refractivity contribution in [2.45, 2.75) is 32.0 Å². The first-order valence-electron chi connectivity index (χ1n) is 4.84. The van der Waals surface area contributed by atoms with Gasteiger partial charge in [0.2, 0.25) is 5.91 Å². The van der Waals surface area contributed by atoms with Crippen molar-refractivity contribution in [2.75, 3.05) is 19.7 Å². The number of hydrogen-bond acceptors (Lipinski definition) is 2. The molecular weight excluding hydrogens is 211 g/mol. The molecule has 1 amide bonds. The molecule has 0 aromatic carbocycles. The van der Waals surface area contributed by atoms with Gasteiger partial charge in [-0.2, -0.15) is 13.2 Å². The minimum Gasteiger partial charge on any atom is -0.375 e. The van der Waals surface area contributed by atoms with Crippen molar-refractivity contribution in [3.05, 3.63) is 0 Å². The van der Waals surface area contributed by atoms with E-state index in [0.717, 1.165) is 0 Å². The maximum atomic E-state index is 11.9. The number of morpholine rings is 1. The zero-order valence-corrected chi connectivity index (χ0v) is 8.51. The Hall–Kier alpha value is -0.780. The molecule has 0 aromatic rings. The summed E-state index contributed by atoms with van der Waals surface area (Å²) >= 11 is 0. The first-order valence-corrected chi connectivity index (χ1v) is 4.84. The number of hydrogen-bond donors (Lipinski definition) is 0. The molecule has 0 radical (unpaired) electrons. The normalized spacial score (nSPS) is 22.9. The first-order chi connectivity index (χ1) is 6.88. The Bertz CT molecular complexity index is 230. The topological polar surface area (TPSA) is 29.5 Å². The van der Waals surface area contributed by atoms with E-state index in [-0.39, 0.29) is 6.10 Å². The van der Waals surface area contributed by atoms with Crippen LogP contribution in [-0.4, -0.2) is 42.8 Å². The lowest BCUT2D eigenvalue weighted by molar-refractivity contribution is -0.152. The van der Waals surface area contributed by atoms with Gasteiger partial charge >= 0.3 is 6.18 Å². The molecule has 6 heteroatoms. The number of carbonyl (C=O) groups excluding carboxylic acids is 1. The highest BCUT2D eigenvalue weighted by Gasteiger charge is 2.30. The van der Waals surface area contributed by atoms with Gasteiger partial charge in [0.1, 0.15) is 0 Å². The van der Waals surface area contributed by atoms with Crippen LogP contribution in [0.3, 0.4) is 0 Å². The molecule has 0 bridgehead atoms. The van der Waals surface area contributed by atoms with Crippen LogP contribution in [0.2, 0.25) is 0 Å². The van der Waals surface area contributed by atoms with E-state index in [2.05, 4.69) is 0 Å². The van der Waals surface area contributed by atoms with E-state index in [4.69, 9.17) is 4.74 Å². The van der Waals surface area contributed by atoms with Crippen LogP contribution in [0, 0.1) is 0 Å². The molecule has 0 unspecified atom stereocenters. The molecule has 1 aliphatic heterocycles. The Balaban J connectivity index is 2.33. The van der Waals surface area contributed by atoms with Gasteiger partial charge in [-0.1, -0.05) is 0 Å². The second kappa shape index (κ2) is 4.83. The van der Waals surface area contributed by atoms with Crippen molar-refractivity contribution >= 4 is 5.91 Å². The lowest BCUT2D eigenvalue weighted by atomic mass is 10.2. The molecule has 1 fully saturated rings. The summed E-state index contributed by atoms with van der Waals surface area (Å²) in [5, 5.41) is 0. The number of ether oxygens (including phenoxy) is 1. The van der Waals surface area contributed by atoms with E-state index in [1.54, 1.807) is 6.92 Å². The van der Waals surface area contributed by atoms with E-state index < -0.39 is 24.9 Å². The molecule has 0 N–H and O–H groups in total. The molecule has 1 saturated heterocycles. The quantitative estimate of drug-likeness (QED) is 0.714. The van der Waals surface area contributed by atoms with Crippen LogP contribution >= 0.6 is 0 Å². The van der Waals surface area contributed by atoms with E-state index in [1.807, 2.05) is 0 Å². The van der Waals surface area contributed by atoms with E-state index in [0.29, 0.717) is 19.7 Å². The van der Waals surface area contributed by atoms with E-state index in [9.17, 15) is 18.0 Å². The van der Waals surface area contributed by atoms with Gasteiger partial charge in [-0.05, 0) is 6.92 Å². The summed E-state index contributed by atoms with van der Waals surface area (Å²) in [7, 11) is 0. The van der Waals surface area contributed by atoms with E-state index in [1.165, 1.54) is 4.90 Å². The van der Waals surface area contributed by atoms with Gasteiger partial charge in [-0.3, -0.25) is 4.79 Å². The number of alkyl halides is 3. The second-order valence-corrected chi connectivity index (χ2v) is 3.64. The van der Waals surface area contributed by atoms with Crippen molar-refractivity contribution < 1.29 is 22.7 Å². The highest BCUT2D eigenvalue weighted by atomic mass is 19.4. The summed E-state index contributed by atoms with van der Waals surface area (Å²) in [5.74, 6) is -0.442. The Labute approximate surface area is 86.2 Å². The SMILES string of the molecule is C[C@H]1CN(C(=O)CCC(F)(F)F)CCO1. The fraction of sp³-hybridized carbons (Fsp3) is 0.889. The Morgan fingerprint density at radius 3 is 2.73 bits per heavy atom. The monoisotopic (exact) mass is 225 g/mol. The zero-order valence-electron chi connectivity index (χ0n) is 8.51. The van der Waals surface area contributed by atoms with Crippen molar-refractivity contribution in [1.82, 2.24) is 4.90 Å². The third-order valence-electron chi connectivity index (χ3n) is 2.22. The number of halogens is 3. The Kier molecular flexibility index (Phi) is 3.96. The van der Waals surface area contributed by atoms with Crippen LogP contribution in [0.15, 0.2) is 0 Å². The van der Waals surface area contributed by atoms with Crippen molar-refractivity contribution in [1.29, 1.82) is 0 Å². The zero-order chi connectivity index (χ0) is 11.5. The summed E-state index contributed by atoms with van der Waals surface area (Å²) in [6, 6.07) is 0. The lowest BCUT2D eigenvalue weighted by Crippen LogP contribution is -2.44. The molecule has 0 saturated carbocycles. The second-order valence-electron chi connectivity index (χ2n) is 3.64. The van der Waals surface area contributed by atoms with Crippen LogP contribution in [0.4, 0.5) is 13.2 Å².